The van der Waals surface area contributed by atoms with Crippen LogP contribution in [-0.4, -0.2) is 25.1 Å². The molecule has 0 unspecified atom stereocenters. The second kappa shape index (κ2) is 9.80. The van der Waals surface area contributed by atoms with Crippen molar-refractivity contribution in [3.05, 3.63) is 24.3 Å². The average Bonchev–Trinajstić information content (AvgIpc) is 2.44. The molecular formula is C16H23NO4. The molecule has 1 aromatic rings. The van der Waals surface area contributed by atoms with Crippen molar-refractivity contribution in [3.8, 4) is 5.75 Å². The Morgan fingerprint density at radius 1 is 1.10 bits per heavy atom. The Labute approximate surface area is 125 Å². The van der Waals surface area contributed by atoms with E-state index in [0.29, 0.717) is 19.6 Å². The highest BCUT2D eigenvalue weighted by Crippen LogP contribution is 2.16. The van der Waals surface area contributed by atoms with Gasteiger partial charge in [0.05, 0.1) is 13.2 Å². The van der Waals surface area contributed by atoms with Crippen molar-refractivity contribution in [2.45, 2.75) is 39.5 Å². The van der Waals surface area contributed by atoms with E-state index in [4.69, 9.17) is 9.47 Å². The Hall–Kier alpha value is -2.04. The molecule has 0 aliphatic carbocycles. The van der Waals surface area contributed by atoms with Crippen molar-refractivity contribution in [3.63, 3.8) is 0 Å². The molecule has 21 heavy (non-hydrogen) atoms. The fourth-order valence-corrected chi connectivity index (χ4v) is 1.81. The molecule has 1 rings (SSSR count). The summed E-state index contributed by atoms with van der Waals surface area (Å²) < 4.78 is 10.4. The third-order valence-corrected chi connectivity index (χ3v) is 2.77. The Kier molecular flexibility index (Phi) is 7.94. The van der Waals surface area contributed by atoms with Crippen LogP contribution in [0.4, 0.5) is 5.69 Å². The van der Waals surface area contributed by atoms with Crippen molar-refractivity contribution in [2.75, 3.05) is 18.5 Å². The van der Waals surface area contributed by atoms with E-state index in [2.05, 4.69) is 5.32 Å². The minimum Gasteiger partial charge on any atom is -0.494 e. The lowest BCUT2D eigenvalue weighted by Gasteiger charge is -2.07. The van der Waals surface area contributed by atoms with Crippen LogP contribution in [0.3, 0.4) is 0 Å². The molecule has 0 atom stereocenters. The van der Waals surface area contributed by atoms with Crippen molar-refractivity contribution in [1.29, 1.82) is 0 Å². The van der Waals surface area contributed by atoms with Crippen LogP contribution >= 0.6 is 0 Å². The third kappa shape index (κ3) is 7.97. The maximum Gasteiger partial charge on any atom is 0.305 e. The van der Waals surface area contributed by atoms with Crippen molar-refractivity contribution in [1.82, 2.24) is 0 Å². The highest BCUT2D eigenvalue weighted by molar-refractivity contribution is 5.88. The monoisotopic (exact) mass is 293 g/mol. The summed E-state index contributed by atoms with van der Waals surface area (Å²) >= 11 is 0. The second-order valence-electron chi connectivity index (χ2n) is 4.67. The minimum atomic E-state index is -0.132. The van der Waals surface area contributed by atoms with E-state index < -0.39 is 0 Å². The molecule has 0 saturated carbocycles. The molecule has 5 nitrogen and oxygen atoms in total. The number of amides is 1. The summed E-state index contributed by atoms with van der Waals surface area (Å²) in [7, 11) is 0. The SMILES string of the molecule is CCOC(=O)CCCCCOc1ccc(NC(C)=O)cc1. The molecule has 1 amide bonds. The van der Waals surface area contributed by atoms with Crippen LogP contribution < -0.4 is 10.1 Å². The van der Waals surface area contributed by atoms with E-state index in [1.807, 2.05) is 19.1 Å². The third-order valence-electron chi connectivity index (χ3n) is 2.77. The van der Waals surface area contributed by atoms with Crippen LogP contribution in [-0.2, 0) is 14.3 Å². The van der Waals surface area contributed by atoms with Gasteiger partial charge < -0.3 is 14.8 Å². The van der Waals surface area contributed by atoms with Gasteiger partial charge in [-0.1, -0.05) is 0 Å². The van der Waals surface area contributed by atoms with Gasteiger partial charge in [-0.05, 0) is 50.5 Å². The second-order valence-corrected chi connectivity index (χ2v) is 4.67. The average molecular weight is 293 g/mol. The summed E-state index contributed by atoms with van der Waals surface area (Å²) in [5.41, 5.74) is 0.754. The van der Waals surface area contributed by atoms with Crippen LogP contribution in [0.5, 0.6) is 5.75 Å². The Bertz CT molecular complexity index is 442. The number of hydrogen-bond acceptors (Lipinski definition) is 4. The quantitative estimate of drug-likeness (QED) is 0.561. The van der Waals surface area contributed by atoms with Crippen LogP contribution in [0.2, 0.25) is 0 Å². The summed E-state index contributed by atoms with van der Waals surface area (Å²) in [5, 5.41) is 2.70. The van der Waals surface area contributed by atoms with E-state index in [-0.39, 0.29) is 11.9 Å². The van der Waals surface area contributed by atoms with Gasteiger partial charge >= 0.3 is 5.97 Å². The van der Waals surface area contributed by atoms with Gasteiger partial charge in [0.1, 0.15) is 5.75 Å². The van der Waals surface area contributed by atoms with Crippen LogP contribution in [0, 0.1) is 0 Å². The van der Waals surface area contributed by atoms with Gasteiger partial charge in [-0.3, -0.25) is 9.59 Å². The van der Waals surface area contributed by atoms with E-state index in [1.54, 1.807) is 12.1 Å². The lowest BCUT2D eigenvalue weighted by atomic mass is 10.2. The van der Waals surface area contributed by atoms with Gasteiger partial charge in [-0.15, -0.1) is 0 Å². The number of carbonyl (C=O) groups is 2. The summed E-state index contributed by atoms with van der Waals surface area (Å²) in [4.78, 5) is 22.0. The first kappa shape index (κ1) is 17.0. The molecule has 0 fully saturated rings. The standard InChI is InChI=1S/C16H23NO4/c1-3-20-16(19)7-5-4-6-12-21-15-10-8-14(9-11-15)17-13(2)18/h8-11H,3-7,12H2,1-2H3,(H,17,18). The minimum absolute atomic E-state index is 0.0923. The molecule has 0 heterocycles. The molecule has 5 heteroatoms. The smallest absolute Gasteiger partial charge is 0.305 e. The van der Waals surface area contributed by atoms with Crippen molar-refractivity contribution in [2.24, 2.45) is 0 Å². The van der Waals surface area contributed by atoms with E-state index in [9.17, 15) is 9.59 Å². The zero-order valence-corrected chi connectivity index (χ0v) is 12.7. The molecule has 0 saturated heterocycles. The first-order valence-corrected chi connectivity index (χ1v) is 7.28. The zero-order valence-electron chi connectivity index (χ0n) is 12.7. The molecule has 0 spiro atoms. The summed E-state index contributed by atoms with van der Waals surface area (Å²) in [6.45, 7) is 4.34. The van der Waals surface area contributed by atoms with E-state index in [0.717, 1.165) is 30.7 Å². The maximum absolute atomic E-state index is 11.1. The first-order valence-electron chi connectivity index (χ1n) is 7.28. The van der Waals surface area contributed by atoms with Gasteiger partial charge in [0.2, 0.25) is 5.91 Å². The lowest BCUT2D eigenvalue weighted by Crippen LogP contribution is -2.05. The Morgan fingerprint density at radius 2 is 1.81 bits per heavy atom. The van der Waals surface area contributed by atoms with Crippen LogP contribution in [0.15, 0.2) is 24.3 Å². The molecule has 0 aliphatic rings. The predicted molar refractivity (Wildman–Crippen MR) is 81.3 cm³/mol. The van der Waals surface area contributed by atoms with Crippen LogP contribution in [0.1, 0.15) is 39.5 Å². The van der Waals surface area contributed by atoms with E-state index >= 15 is 0 Å². The highest BCUT2D eigenvalue weighted by Gasteiger charge is 2.01. The number of anilines is 1. The topological polar surface area (TPSA) is 64.6 Å². The normalized spacial score (nSPS) is 10.0. The van der Waals surface area contributed by atoms with Crippen molar-refractivity contribution >= 4 is 17.6 Å². The van der Waals surface area contributed by atoms with Gasteiger partial charge in [0.15, 0.2) is 0 Å². The lowest BCUT2D eigenvalue weighted by molar-refractivity contribution is -0.143. The Balaban J connectivity index is 2.12. The predicted octanol–water partition coefficient (Wildman–Crippen LogP) is 3.15. The number of carbonyl (C=O) groups excluding carboxylic acids is 2. The number of hydrogen-bond donors (Lipinski definition) is 1. The number of ether oxygens (including phenoxy) is 2. The largest absolute Gasteiger partial charge is 0.494 e. The summed E-state index contributed by atoms with van der Waals surface area (Å²) in [5.74, 6) is 0.548. The van der Waals surface area contributed by atoms with E-state index in [1.165, 1.54) is 6.92 Å². The fraction of sp³-hybridized carbons (Fsp3) is 0.500. The molecular weight excluding hydrogens is 270 g/mol. The van der Waals surface area contributed by atoms with Crippen LogP contribution in [0.25, 0.3) is 0 Å². The van der Waals surface area contributed by atoms with Gasteiger partial charge in [-0.2, -0.15) is 0 Å². The molecule has 0 radical (unpaired) electrons. The number of nitrogens with one attached hydrogen (secondary N) is 1. The summed E-state index contributed by atoms with van der Waals surface area (Å²) in [6.07, 6.45) is 3.12. The number of rotatable bonds is 9. The van der Waals surface area contributed by atoms with Crippen molar-refractivity contribution < 1.29 is 19.1 Å². The fourth-order valence-electron chi connectivity index (χ4n) is 1.81. The molecule has 1 aromatic carbocycles. The molecule has 116 valence electrons. The number of esters is 1. The number of unbranched alkanes of at least 4 members (excludes halogenated alkanes) is 2. The van der Waals surface area contributed by atoms with Gasteiger partial charge in [0.25, 0.3) is 0 Å². The molecule has 0 aromatic heterocycles. The maximum atomic E-state index is 11.1. The van der Waals surface area contributed by atoms with Gasteiger partial charge in [0, 0.05) is 19.0 Å². The van der Waals surface area contributed by atoms with Gasteiger partial charge in [-0.25, -0.2) is 0 Å². The zero-order chi connectivity index (χ0) is 15.5. The highest BCUT2D eigenvalue weighted by atomic mass is 16.5. The molecule has 0 aliphatic heterocycles. The number of benzene rings is 1. The summed E-state index contributed by atoms with van der Waals surface area (Å²) in [6, 6.07) is 7.25. The molecule has 0 bridgehead atoms. The molecule has 1 N–H and O–H groups in total. The Morgan fingerprint density at radius 3 is 2.43 bits per heavy atom. The first-order chi connectivity index (χ1) is 10.1.